The largest absolute Gasteiger partial charge is 0.375 e. The minimum absolute atomic E-state index is 0.0535. The Kier molecular flexibility index (Phi) is 3.26. The lowest BCUT2D eigenvalue weighted by molar-refractivity contribution is 0.102. The normalized spacial score (nSPS) is 10.8. The van der Waals surface area contributed by atoms with Crippen molar-refractivity contribution in [2.45, 2.75) is 0 Å². The molecule has 0 unspecified atom stereocenters. The summed E-state index contributed by atoms with van der Waals surface area (Å²) in [5.74, 6) is -2.40. The second-order valence-corrected chi connectivity index (χ2v) is 5.33. The van der Waals surface area contributed by atoms with Crippen LogP contribution in [0.1, 0.15) is 10.4 Å². The Morgan fingerprint density at radius 3 is 2.67 bits per heavy atom. The van der Waals surface area contributed by atoms with Crippen LogP contribution in [0.3, 0.4) is 0 Å². The van der Waals surface area contributed by atoms with Crippen LogP contribution >= 0.6 is 11.3 Å². The maximum absolute atomic E-state index is 14.3. The number of carbonyl (C=O) groups excluding carboxylic acids is 1. The van der Waals surface area contributed by atoms with Crippen LogP contribution < -0.4 is 11.1 Å². The van der Waals surface area contributed by atoms with Gasteiger partial charge in [0.25, 0.3) is 5.91 Å². The topological polar surface area (TPSA) is 68.0 Å². The van der Waals surface area contributed by atoms with Crippen molar-refractivity contribution in [2.75, 3.05) is 11.1 Å². The van der Waals surface area contributed by atoms with Crippen molar-refractivity contribution in [3.63, 3.8) is 0 Å². The summed E-state index contributed by atoms with van der Waals surface area (Å²) in [7, 11) is 0. The number of rotatable bonds is 2. The molecular weight excluding hydrogens is 296 g/mol. The number of nitrogens with zero attached hydrogens (tertiary/aromatic N) is 1. The minimum atomic E-state index is -0.928. The SMILES string of the molecule is Nc1nc2c(F)c(NC(=O)c3ccccc3)c(F)cc2s1. The Balaban J connectivity index is 2.02. The lowest BCUT2D eigenvalue weighted by atomic mass is 10.2. The van der Waals surface area contributed by atoms with Crippen LogP contribution in [0, 0.1) is 11.6 Å². The third kappa shape index (κ3) is 2.43. The highest BCUT2D eigenvalue weighted by atomic mass is 32.1. The summed E-state index contributed by atoms with van der Waals surface area (Å²) in [5, 5.41) is 2.37. The van der Waals surface area contributed by atoms with Gasteiger partial charge in [-0.25, -0.2) is 13.8 Å². The van der Waals surface area contributed by atoms with E-state index in [1.165, 1.54) is 0 Å². The molecule has 1 aromatic heterocycles. The average Bonchev–Trinajstić information content (AvgIpc) is 2.85. The Morgan fingerprint density at radius 2 is 1.95 bits per heavy atom. The molecule has 21 heavy (non-hydrogen) atoms. The van der Waals surface area contributed by atoms with Gasteiger partial charge >= 0.3 is 0 Å². The van der Waals surface area contributed by atoms with Crippen LogP contribution in [0.15, 0.2) is 36.4 Å². The van der Waals surface area contributed by atoms with Gasteiger partial charge in [0.2, 0.25) is 0 Å². The van der Waals surface area contributed by atoms with Crippen molar-refractivity contribution < 1.29 is 13.6 Å². The zero-order chi connectivity index (χ0) is 15.0. The molecular formula is C14H9F2N3OS. The van der Waals surface area contributed by atoms with E-state index in [9.17, 15) is 13.6 Å². The summed E-state index contributed by atoms with van der Waals surface area (Å²) in [5.41, 5.74) is 5.20. The van der Waals surface area contributed by atoms with Crippen LogP contribution in [0.5, 0.6) is 0 Å². The summed E-state index contributed by atoms with van der Waals surface area (Å²) >= 11 is 0.978. The van der Waals surface area contributed by atoms with Crippen molar-refractivity contribution in [3.8, 4) is 0 Å². The Labute approximate surface area is 122 Å². The van der Waals surface area contributed by atoms with Gasteiger partial charge in [-0.1, -0.05) is 29.5 Å². The highest BCUT2D eigenvalue weighted by molar-refractivity contribution is 7.22. The van der Waals surface area contributed by atoms with E-state index in [1.807, 2.05) is 0 Å². The second kappa shape index (κ2) is 5.10. The summed E-state index contributed by atoms with van der Waals surface area (Å²) in [6.07, 6.45) is 0. The zero-order valence-electron chi connectivity index (χ0n) is 10.6. The fourth-order valence-corrected chi connectivity index (χ4v) is 2.66. The van der Waals surface area contributed by atoms with E-state index in [0.717, 1.165) is 17.4 Å². The highest BCUT2D eigenvalue weighted by Crippen LogP contribution is 2.32. The van der Waals surface area contributed by atoms with E-state index in [0.29, 0.717) is 10.3 Å². The minimum Gasteiger partial charge on any atom is -0.375 e. The number of halogens is 2. The molecule has 0 fully saturated rings. The molecule has 0 radical (unpaired) electrons. The van der Waals surface area contributed by atoms with Gasteiger partial charge in [-0.15, -0.1) is 0 Å². The van der Waals surface area contributed by atoms with Gasteiger partial charge in [0, 0.05) is 5.56 Å². The molecule has 106 valence electrons. The molecule has 2 aromatic carbocycles. The Hall–Kier alpha value is -2.54. The lowest BCUT2D eigenvalue weighted by Gasteiger charge is -2.08. The molecule has 0 aliphatic rings. The molecule has 0 aliphatic heterocycles. The highest BCUT2D eigenvalue weighted by Gasteiger charge is 2.19. The van der Waals surface area contributed by atoms with E-state index in [1.54, 1.807) is 30.3 Å². The Bertz CT molecular complexity index is 833. The number of aromatic nitrogens is 1. The van der Waals surface area contributed by atoms with E-state index in [-0.39, 0.29) is 10.6 Å². The second-order valence-electron chi connectivity index (χ2n) is 4.27. The first-order valence-corrected chi connectivity index (χ1v) is 6.78. The number of thiazole rings is 1. The number of carbonyl (C=O) groups is 1. The van der Waals surface area contributed by atoms with Gasteiger partial charge in [0.05, 0.1) is 4.70 Å². The number of nitrogen functional groups attached to an aromatic ring is 1. The summed E-state index contributed by atoms with van der Waals surface area (Å²) < 4.78 is 28.5. The molecule has 0 saturated heterocycles. The lowest BCUT2D eigenvalue weighted by Crippen LogP contribution is -2.14. The predicted octanol–water partition coefficient (Wildman–Crippen LogP) is 3.41. The molecule has 3 N–H and O–H groups in total. The number of benzene rings is 2. The van der Waals surface area contributed by atoms with E-state index in [2.05, 4.69) is 10.3 Å². The first-order valence-electron chi connectivity index (χ1n) is 5.96. The molecule has 7 heteroatoms. The van der Waals surface area contributed by atoms with Crippen molar-refractivity contribution in [2.24, 2.45) is 0 Å². The molecule has 3 rings (SSSR count). The van der Waals surface area contributed by atoms with E-state index in [4.69, 9.17) is 5.73 Å². The van der Waals surface area contributed by atoms with Crippen molar-refractivity contribution in [1.29, 1.82) is 0 Å². The standard InChI is InChI=1S/C14H9F2N3OS/c15-8-6-9-12(19-14(17)21-9)10(16)11(8)18-13(20)7-4-2-1-3-5-7/h1-6H,(H2,17,19)(H,18,20). The number of hydrogen-bond donors (Lipinski definition) is 2. The molecule has 1 heterocycles. The third-order valence-electron chi connectivity index (χ3n) is 2.87. The van der Waals surface area contributed by atoms with Crippen molar-refractivity contribution in [3.05, 3.63) is 53.6 Å². The van der Waals surface area contributed by atoms with E-state index >= 15 is 0 Å². The number of nitrogens with one attached hydrogen (secondary N) is 1. The molecule has 0 bridgehead atoms. The fourth-order valence-electron chi connectivity index (χ4n) is 1.90. The van der Waals surface area contributed by atoms with Crippen LogP contribution in [0.4, 0.5) is 19.6 Å². The van der Waals surface area contributed by atoms with Gasteiger partial charge in [-0.3, -0.25) is 4.79 Å². The van der Waals surface area contributed by atoms with Gasteiger partial charge in [-0.05, 0) is 18.2 Å². The van der Waals surface area contributed by atoms with Gasteiger partial charge in [-0.2, -0.15) is 0 Å². The van der Waals surface area contributed by atoms with Crippen LogP contribution in [-0.4, -0.2) is 10.9 Å². The van der Waals surface area contributed by atoms with E-state index < -0.39 is 23.2 Å². The quantitative estimate of drug-likeness (QED) is 0.762. The van der Waals surface area contributed by atoms with Crippen LogP contribution in [0.2, 0.25) is 0 Å². The Morgan fingerprint density at radius 1 is 1.24 bits per heavy atom. The molecule has 1 amide bonds. The molecule has 0 aliphatic carbocycles. The fraction of sp³-hybridized carbons (Fsp3) is 0. The summed E-state index contributed by atoms with van der Waals surface area (Å²) in [6, 6.07) is 9.25. The van der Waals surface area contributed by atoms with Crippen molar-refractivity contribution >= 4 is 38.3 Å². The predicted molar refractivity (Wildman–Crippen MR) is 78.3 cm³/mol. The first-order chi connectivity index (χ1) is 10.1. The van der Waals surface area contributed by atoms with Gasteiger partial charge in [0.15, 0.2) is 16.8 Å². The number of hydrogen-bond acceptors (Lipinski definition) is 4. The first kappa shape index (κ1) is 13.4. The summed E-state index contributed by atoms with van der Waals surface area (Å²) in [4.78, 5) is 15.8. The maximum atomic E-state index is 14.3. The zero-order valence-corrected chi connectivity index (χ0v) is 11.4. The molecule has 4 nitrogen and oxygen atoms in total. The van der Waals surface area contributed by atoms with Crippen LogP contribution in [-0.2, 0) is 0 Å². The third-order valence-corrected chi connectivity index (χ3v) is 3.70. The number of amides is 1. The number of nitrogens with two attached hydrogens (primary N) is 1. The van der Waals surface area contributed by atoms with Gasteiger partial charge in [0.1, 0.15) is 11.2 Å². The van der Waals surface area contributed by atoms with Crippen molar-refractivity contribution in [1.82, 2.24) is 4.98 Å². The molecule has 0 atom stereocenters. The van der Waals surface area contributed by atoms with Gasteiger partial charge < -0.3 is 11.1 Å². The smallest absolute Gasteiger partial charge is 0.255 e. The molecule has 3 aromatic rings. The molecule has 0 spiro atoms. The number of anilines is 2. The van der Waals surface area contributed by atoms with Crippen LogP contribution in [0.25, 0.3) is 10.2 Å². The monoisotopic (exact) mass is 305 g/mol. The summed E-state index contributed by atoms with van der Waals surface area (Å²) in [6.45, 7) is 0. The maximum Gasteiger partial charge on any atom is 0.255 e. The number of fused-ring (bicyclic) bond motifs is 1. The molecule has 0 saturated carbocycles. The average molecular weight is 305 g/mol.